The first-order valence-corrected chi connectivity index (χ1v) is 7.47. The van der Waals surface area contributed by atoms with Crippen molar-refractivity contribution < 1.29 is 9.53 Å². The Hall–Kier alpha value is -0.480. The number of rotatable bonds is 6. The summed E-state index contributed by atoms with van der Waals surface area (Å²) in [5.41, 5.74) is 0.688. The van der Waals surface area contributed by atoms with E-state index in [9.17, 15) is 4.79 Å². The maximum Gasteiger partial charge on any atom is 0.167 e. The van der Waals surface area contributed by atoms with E-state index in [0.717, 1.165) is 4.90 Å². The van der Waals surface area contributed by atoms with Crippen molar-refractivity contribution in [1.29, 1.82) is 0 Å². The van der Waals surface area contributed by atoms with E-state index in [-0.39, 0.29) is 5.78 Å². The van der Waals surface area contributed by atoms with Crippen molar-refractivity contribution in [2.75, 3.05) is 18.2 Å². The van der Waals surface area contributed by atoms with Crippen LogP contribution in [0.25, 0.3) is 0 Å². The van der Waals surface area contributed by atoms with E-state index >= 15 is 0 Å². The van der Waals surface area contributed by atoms with Gasteiger partial charge in [0.2, 0.25) is 0 Å². The number of ketones is 1. The highest BCUT2D eigenvalue weighted by Gasteiger charge is 2.12. The number of ether oxygens (including phenoxy) is 1. The van der Waals surface area contributed by atoms with E-state index < -0.39 is 0 Å². The van der Waals surface area contributed by atoms with Gasteiger partial charge in [-0.3, -0.25) is 4.79 Å². The molecule has 0 spiro atoms. The van der Waals surface area contributed by atoms with Crippen LogP contribution in [0.15, 0.2) is 23.1 Å². The van der Waals surface area contributed by atoms with Gasteiger partial charge in [-0.15, -0.1) is 11.8 Å². The normalized spacial score (nSPS) is 10.2. The van der Waals surface area contributed by atoms with Crippen molar-refractivity contribution in [1.82, 2.24) is 0 Å². The van der Waals surface area contributed by atoms with Crippen molar-refractivity contribution in [3.8, 4) is 5.75 Å². The number of halogens is 1. The zero-order valence-electron chi connectivity index (χ0n) is 9.46. The second-order valence-corrected chi connectivity index (χ2v) is 4.83. The van der Waals surface area contributed by atoms with Gasteiger partial charge >= 0.3 is 0 Å². The van der Waals surface area contributed by atoms with E-state index in [1.807, 2.05) is 31.4 Å². The molecule has 0 heterocycles. The second-order valence-electron chi connectivity index (χ2n) is 3.16. The highest BCUT2D eigenvalue weighted by atomic mass is 79.9. The Morgan fingerprint density at radius 2 is 2.25 bits per heavy atom. The number of carbonyl (C=O) groups excluding carboxylic acids is 1. The molecular weight excluding hydrogens is 288 g/mol. The molecule has 0 amide bonds. The molecule has 0 atom stereocenters. The molecule has 1 aromatic carbocycles. The predicted octanol–water partition coefficient (Wildman–Crippen LogP) is 3.77. The summed E-state index contributed by atoms with van der Waals surface area (Å²) < 4.78 is 5.46. The number of hydrogen-bond acceptors (Lipinski definition) is 3. The van der Waals surface area contributed by atoms with Gasteiger partial charge in [0.15, 0.2) is 5.78 Å². The molecule has 1 rings (SSSR count). The molecule has 16 heavy (non-hydrogen) atoms. The average molecular weight is 303 g/mol. The summed E-state index contributed by atoms with van der Waals surface area (Å²) in [6.07, 6.45) is 2.49. The monoisotopic (exact) mass is 302 g/mol. The third-order valence-electron chi connectivity index (χ3n) is 2.11. The van der Waals surface area contributed by atoms with Gasteiger partial charge in [0, 0.05) is 16.6 Å². The molecule has 0 unspecified atom stereocenters. The molecule has 4 heteroatoms. The van der Waals surface area contributed by atoms with Crippen LogP contribution >= 0.6 is 27.7 Å². The predicted molar refractivity (Wildman–Crippen MR) is 72.1 cm³/mol. The molecule has 0 saturated carbocycles. The van der Waals surface area contributed by atoms with Gasteiger partial charge in [0.1, 0.15) is 5.75 Å². The summed E-state index contributed by atoms with van der Waals surface area (Å²) in [5, 5.41) is 0.681. The topological polar surface area (TPSA) is 26.3 Å². The fourth-order valence-corrected chi connectivity index (χ4v) is 2.16. The van der Waals surface area contributed by atoms with Crippen LogP contribution in [0.2, 0.25) is 0 Å². The third-order valence-corrected chi connectivity index (χ3v) is 3.23. The molecule has 2 nitrogen and oxygen atoms in total. The van der Waals surface area contributed by atoms with Gasteiger partial charge in [-0.25, -0.2) is 0 Å². The van der Waals surface area contributed by atoms with Crippen LogP contribution in [0.1, 0.15) is 23.7 Å². The van der Waals surface area contributed by atoms with Crippen LogP contribution in [-0.2, 0) is 0 Å². The quantitative estimate of drug-likeness (QED) is 0.454. The van der Waals surface area contributed by atoms with E-state index in [1.165, 1.54) is 0 Å². The molecule has 88 valence electrons. The van der Waals surface area contributed by atoms with Crippen LogP contribution in [0, 0.1) is 0 Å². The first-order chi connectivity index (χ1) is 7.72. The SMILES string of the molecule is CCOc1ccc(SC)cc1C(=O)CCBr. The fourth-order valence-electron chi connectivity index (χ4n) is 1.36. The van der Waals surface area contributed by atoms with Crippen LogP contribution in [0.5, 0.6) is 5.75 Å². The molecule has 0 radical (unpaired) electrons. The summed E-state index contributed by atoms with van der Waals surface area (Å²) in [6, 6.07) is 5.75. The van der Waals surface area contributed by atoms with Crippen LogP contribution in [0.4, 0.5) is 0 Å². The zero-order valence-corrected chi connectivity index (χ0v) is 11.9. The summed E-state index contributed by atoms with van der Waals surface area (Å²) in [6.45, 7) is 2.49. The number of carbonyl (C=O) groups is 1. The average Bonchev–Trinajstić information content (AvgIpc) is 2.30. The first-order valence-electron chi connectivity index (χ1n) is 5.13. The molecule has 0 aliphatic carbocycles. The minimum absolute atomic E-state index is 0.122. The van der Waals surface area contributed by atoms with Crippen molar-refractivity contribution >= 4 is 33.5 Å². The van der Waals surface area contributed by atoms with E-state index in [4.69, 9.17) is 4.74 Å². The molecule has 1 aromatic rings. The molecule has 0 aliphatic heterocycles. The highest BCUT2D eigenvalue weighted by molar-refractivity contribution is 9.09. The lowest BCUT2D eigenvalue weighted by Crippen LogP contribution is -2.04. The van der Waals surface area contributed by atoms with Gasteiger partial charge in [0.25, 0.3) is 0 Å². The van der Waals surface area contributed by atoms with Crippen molar-refractivity contribution in [2.45, 2.75) is 18.2 Å². The summed E-state index contributed by atoms with van der Waals surface area (Å²) in [4.78, 5) is 13.0. The number of Topliss-reactive ketones (excluding diaryl/α,β-unsaturated/α-hetero) is 1. The molecule has 0 bridgehead atoms. The highest BCUT2D eigenvalue weighted by Crippen LogP contribution is 2.26. The number of alkyl halides is 1. The lowest BCUT2D eigenvalue weighted by molar-refractivity contribution is 0.0986. The van der Waals surface area contributed by atoms with Gasteiger partial charge < -0.3 is 4.74 Å². The molecule has 0 aliphatic rings. The van der Waals surface area contributed by atoms with Crippen LogP contribution < -0.4 is 4.74 Å². The number of thioether (sulfide) groups is 1. The minimum atomic E-state index is 0.122. The molecular formula is C12H15BrO2S. The maximum atomic E-state index is 11.9. The van der Waals surface area contributed by atoms with Gasteiger partial charge in [-0.2, -0.15) is 0 Å². The molecule has 0 aromatic heterocycles. The number of benzene rings is 1. The van der Waals surface area contributed by atoms with Crippen molar-refractivity contribution in [2.24, 2.45) is 0 Å². The Morgan fingerprint density at radius 3 is 2.81 bits per heavy atom. The van der Waals surface area contributed by atoms with E-state index in [2.05, 4.69) is 15.9 Å². The molecule has 0 saturated heterocycles. The summed E-state index contributed by atoms with van der Waals surface area (Å²) >= 11 is 4.91. The molecule has 0 N–H and O–H groups in total. The third kappa shape index (κ3) is 3.52. The van der Waals surface area contributed by atoms with Gasteiger partial charge in [0.05, 0.1) is 12.2 Å². The van der Waals surface area contributed by atoms with Crippen LogP contribution in [-0.4, -0.2) is 24.0 Å². The Kier molecular flexibility index (Phi) is 5.91. The fraction of sp³-hybridized carbons (Fsp3) is 0.417. The Bertz CT molecular complexity index is 366. The zero-order chi connectivity index (χ0) is 12.0. The smallest absolute Gasteiger partial charge is 0.167 e. The Labute approximate surface area is 109 Å². The maximum absolute atomic E-state index is 11.9. The Balaban J connectivity index is 3.04. The minimum Gasteiger partial charge on any atom is -0.493 e. The van der Waals surface area contributed by atoms with Crippen LogP contribution in [0.3, 0.4) is 0 Å². The summed E-state index contributed by atoms with van der Waals surface area (Å²) in [7, 11) is 0. The van der Waals surface area contributed by atoms with E-state index in [1.54, 1.807) is 11.8 Å². The summed E-state index contributed by atoms with van der Waals surface area (Å²) in [5.74, 6) is 0.808. The lowest BCUT2D eigenvalue weighted by Gasteiger charge is -2.10. The number of hydrogen-bond donors (Lipinski definition) is 0. The van der Waals surface area contributed by atoms with Crippen molar-refractivity contribution in [3.63, 3.8) is 0 Å². The van der Waals surface area contributed by atoms with Crippen molar-refractivity contribution in [3.05, 3.63) is 23.8 Å². The standard InChI is InChI=1S/C12H15BrO2S/c1-3-15-12-5-4-9(16-2)8-10(12)11(14)6-7-13/h4-5,8H,3,6-7H2,1-2H3. The Morgan fingerprint density at radius 1 is 1.50 bits per heavy atom. The lowest BCUT2D eigenvalue weighted by atomic mass is 10.1. The van der Waals surface area contributed by atoms with E-state index in [0.29, 0.717) is 29.7 Å². The molecule has 0 fully saturated rings. The van der Waals surface area contributed by atoms with Gasteiger partial charge in [-0.05, 0) is 31.4 Å². The second kappa shape index (κ2) is 6.97. The largest absolute Gasteiger partial charge is 0.493 e. The first kappa shape index (κ1) is 13.6. The van der Waals surface area contributed by atoms with Gasteiger partial charge in [-0.1, -0.05) is 15.9 Å².